The molecule has 0 saturated heterocycles. The molecule has 3 atom stereocenters. The van der Waals surface area contributed by atoms with Crippen LogP contribution in [-0.4, -0.2) is 7.11 Å². The monoisotopic (exact) mass is 361 g/mol. The first-order valence-corrected chi connectivity index (χ1v) is 10.7. The van der Waals surface area contributed by atoms with E-state index in [0.717, 1.165) is 11.7 Å². The highest BCUT2D eigenvalue weighted by Crippen LogP contribution is 2.67. The number of rotatable bonds is 2. The largest absolute Gasteiger partial charge is 0.496 e. The van der Waals surface area contributed by atoms with Gasteiger partial charge in [0.15, 0.2) is 0 Å². The summed E-state index contributed by atoms with van der Waals surface area (Å²) in [5, 5.41) is 4.13. The van der Waals surface area contributed by atoms with Crippen molar-refractivity contribution in [3.05, 3.63) is 58.7 Å². The smallest absolute Gasteiger partial charge is 0.125 e. The summed E-state index contributed by atoms with van der Waals surface area (Å²) >= 11 is 0. The Labute approximate surface area is 163 Å². The Morgan fingerprint density at radius 1 is 1.00 bits per heavy atom. The van der Waals surface area contributed by atoms with Gasteiger partial charge < -0.3 is 10.1 Å². The molecule has 5 rings (SSSR count). The van der Waals surface area contributed by atoms with Crippen LogP contribution in [0, 0.1) is 19.8 Å². The van der Waals surface area contributed by atoms with Crippen LogP contribution in [0.3, 0.4) is 0 Å². The van der Waals surface area contributed by atoms with Crippen LogP contribution in [0.25, 0.3) is 0 Å². The van der Waals surface area contributed by atoms with Gasteiger partial charge in [-0.1, -0.05) is 49.6 Å². The molecule has 0 bridgehead atoms. The first-order chi connectivity index (χ1) is 13.1. The lowest BCUT2D eigenvalue weighted by Crippen LogP contribution is -2.57. The van der Waals surface area contributed by atoms with Crippen molar-refractivity contribution in [2.24, 2.45) is 5.92 Å². The molecule has 1 heterocycles. The van der Waals surface area contributed by atoms with Gasteiger partial charge in [0.25, 0.3) is 0 Å². The maximum Gasteiger partial charge on any atom is 0.125 e. The number of anilines is 1. The highest BCUT2D eigenvalue weighted by molar-refractivity contribution is 5.73. The van der Waals surface area contributed by atoms with Crippen molar-refractivity contribution in [1.82, 2.24) is 0 Å². The third kappa shape index (κ3) is 2.07. The average molecular weight is 362 g/mol. The molecular weight excluding hydrogens is 330 g/mol. The third-order valence-electron chi connectivity index (χ3n) is 7.91. The minimum absolute atomic E-state index is 0.0312. The number of methoxy groups -OCH3 is 1. The first-order valence-electron chi connectivity index (χ1n) is 10.7. The van der Waals surface area contributed by atoms with E-state index in [0.29, 0.717) is 0 Å². The van der Waals surface area contributed by atoms with Crippen LogP contribution in [0.2, 0.25) is 0 Å². The lowest BCUT2D eigenvalue weighted by Gasteiger charge is -2.57. The normalized spacial score (nSPS) is 31.4. The van der Waals surface area contributed by atoms with Crippen LogP contribution in [0.1, 0.15) is 67.2 Å². The number of hydrogen-bond donors (Lipinski definition) is 1. The summed E-state index contributed by atoms with van der Waals surface area (Å²) in [6.07, 6.45) is 9.28. The summed E-state index contributed by atoms with van der Waals surface area (Å²) in [6, 6.07) is 13.6. The maximum absolute atomic E-state index is 5.87. The van der Waals surface area contributed by atoms with Crippen LogP contribution in [-0.2, 0) is 11.0 Å². The minimum Gasteiger partial charge on any atom is -0.496 e. The quantitative estimate of drug-likeness (QED) is 0.683. The second-order valence-electron chi connectivity index (χ2n) is 8.98. The molecule has 1 N–H and O–H groups in total. The molecule has 3 aliphatic rings. The molecule has 0 amide bonds. The Kier molecular flexibility index (Phi) is 3.83. The van der Waals surface area contributed by atoms with Crippen LogP contribution in [0.4, 0.5) is 5.69 Å². The van der Waals surface area contributed by atoms with Crippen LogP contribution in [0.15, 0.2) is 36.4 Å². The molecule has 142 valence electrons. The number of benzene rings is 2. The van der Waals surface area contributed by atoms with E-state index < -0.39 is 0 Å². The lowest BCUT2D eigenvalue weighted by molar-refractivity contribution is 0.0559. The van der Waals surface area contributed by atoms with Crippen LogP contribution < -0.4 is 10.1 Å². The van der Waals surface area contributed by atoms with E-state index >= 15 is 0 Å². The predicted octanol–water partition coefficient (Wildman–Crippen LogP) is 6.24. The summed E-state index contributed by atoms with van der Waals surface area (Å²) in [6.45, 7) is 4.48. The Hall–Kier alpha value is -1.96. The first kappa shape index (κ1) is 17.2. The Bertz CT molecular complexity index is 872. The molecule has 27 heavy (non-hydrogen) atoms. The van der Waals surface area contributed by atoms with E-state index in [1.54, 1.807) is 5.56 Å². The lowest BCUT2D eigenvalue weighted by atomic mass is 9.48. The number of fused-ring (bicyclic) bond motifs is 1. The highest BCUT2D eigenvalue weighted by atomic mass is 16.5. The van der Waals surface area contributed by atoms with E-state index in [1.807, 2.05) is 7.11 Å². The Balaban J connectivity index is 1.83. The molecule has 2 fully saturated rings. The van der Waals surface area contributed by atoms with Gasteiger partial charge in [0.05, 0.1) is 12.6 Å². The molecule has 2 unspecified atom stereocenters. The van der Waals surface area contributed by atoms with Gasteiger partial charge in [0, 0.05) is 11.1 Å². The van der Waals surface area contributed by atoms with Crippen molar-refractivity contribution < 1.29 is 4.74 Å². The van der Waals surface area contributed by atoms with E-state index in [2.05, 4.69) is 55.6 Å². The van der Waals surface area contributed by atoms with Gasteiger partial charge in [0.2, 0.25) is 0 Å². The Morgan fingerprint density at radius 3 is 2.56 bits per heavy atom. The fourth-order valence-corrected chi connectivity index (χ4v) is 7.13. The van der Waals surface area contributed by atoms with Crippen molar-refractivity contribution in [3.63, 3.8) is 0 Å². The number of ether oxygens (including phenoxy) is 1. The van der Waals surface area contributed by atoms with Crippen LogP contribution >= 0.6 is 0 Å². The summed E-state index contributed by atoms with van der Waals surface area (Å²) < 4.78 is 5.87. The van der Waals surface area contributed by atoms with E-state index in [4.69, 9.17) is 4.74 Å². The molecule has 2 saturated carbocycles. The zero-order valence-electron chi connectivity index (χ0n) is 16.9. The van der Waals surface area contributed by atoms with E-state index in [1.165, 1.54) is 67.3 Å². The van der Waals surface area contributed by atoms with Gasteiger partial charge in [-0.3, -0.25) is 0 Å². The zero-order chi connectivity index (χ0) is 18.6. The van der Waals surface area contributed by atoms with Gasteiger partial charge in [0.1, 0.15) is 5.75 Å². The van der Waals surface area contributed by atoms with Gasteiger partial charge >= 0.3 is 0 Å². The molecule has 2 heteroatoms. The van der Waals surface area contributed by atoms with Gasteiger partial charge in [-0.2, -0.15) is 0 Å². The second-order valence-corrected chi connectivity index (χ2v) is 8.98. The summed E-state index contributed by atoms with van der Waals surface area (Å²) in [5.74, 6) is 1.85. The van der Waals surface area contributed by atoms with Crippen molar-refractivity contribution in [2.75, 3.05) is 12.4 Å². The molecule has 2 aromatic carbocycles. The number of nitrogens with one attached hydrogen (secondary N) is 1. The van der Waals surface area contributed by atoms with Gasteiger partial charge in [-0.25, -0.2) is 0 Å². The maximum atomic E-state index is 5.87. The molecule has 0 aromatic heterocycles. The molecule has 0 radical (unpaired) electrons. The fraction of sp³-hybridized carbons (Fsp3) is 0.520. The number of aryl methyl sites for hydroxylation is 1. The topological polar surface area (TPSA) is 21.3 Å². The molecule has 1 aliphatic heterocycles. The van der Waals surface area contributed by atoms with E-state index in [9.17, 15) is 0 Å². The van der Waals surface area contributed by atoms with Crippen molar-refractivity contribution >= 4 is 5.69 Å². The molecular formula is C25H31NO. The van der Waals surface area contributed by atoms with E-state index in [-0.39, 0.29) is 11.0 Å². The third-order valence-corrected chi connectivity index (χ3v) is 7.91. The summed E-state index contributed by atoms with van der Waals surface area (Å²) in [5.41, 5.74) is 7.25. The predicted molar refractivity (Wildman–Crippen MR) is 112 cm³/mol. The summed E-state index contributed by atoms with van der Waals surface area (Å²) in [7, 11) is 1.82. The SMILES string of the molecule is COc1c(C)cc2c(c1C)C13CCCC[C@H]1CCCC3(c1ccccc1)N2. The average Bonchev–Trinajstić information content (AvgIpc) is 2.98. The molecule has 2 aromatic rings. The van der Waals surface area contributed by atoms with Crippen LogP contribution in [0.5, 0.6) is 5.75 Å². The Morgan fingerprint density at radius 2 is 1.78 bits per heavy atom. The van der Waals surface area contributed by atoms with Gasteiger partial charge in [-0.15, -0.1) is 0 Å². The molecule has 2 aliphatic carbocycles. The molecule has 2 nitrogen and oxygen atoms in total. The second kappa shape index (κ2) is 6.02. The fourth-order valence-electron chi connectivity index (χ4n) is 7.13. The summed E-state index contributed by atoms with van der Waals surface area (Å²) in [4.78, 5) is 0. The zero-order valence-corrected chi connectivity index (χ0v) is 16.9. The molecule has 1 spiro atoms. The van der Waals surface area contributed by atoms with Crippen molar-refractivity contribution in [3.8, 4) is 5.75 Å². The minimum atomic E-state index is 0.0312. The standard InChI is InChI=1S/C25H31NO/c1-17-16-21-22(18(2)23(17)27-3)24-14-8-7-10-19(24)13-9-15-25(24,26-21)20-11-5-4-6-12-20/h4-6,11-12,16,19,26H,7-10,13-15H2,1-3H3/t19-,24?,25?/m0/s1. The van der Waals surface area contributed by atoms with Crippen molar-refractivity contribution in [2.45, 2.75) is 69.7 Å². The highest BCUT2D eigenvalue weighted by Gasteiger charge is 2.64. The van der Waals surface area contributed by atoms with Crippen molar-refractivity contribution in [1.29, 1.82) is 0 Å². The number of hydrogen-bond acceptors (Lipinski definition) is 2. The van der Waals surface area contributed by atoms with Gasteiger partial charge in [-0.05, 0) is 73.8 Å².